The van der Waals surface area contributed by atoms with Gasteiger partial charge in [-0.05, 0) is 18.8 Å². The number of rotatable bonds is 1. The van der Waals surface area contributed by atoms with Gasteiger partial charge in [0.2, 0.25) is 0 Å². The van der Waals surface area contributed by atoms with Crippen LogP contribution in [0, 0.1) is 23.4 Å². The third kappa shape index (κ3) is 3.19. The van der Waals surface area contributed by atoms with Crippen molar-refractivity contribution in [2.45, 2.75) is 19.8 Å². The van der Waals surface area contributed by atoms with Crippen molar-refractivity contribution in [3.05, 3.63) is 29.6 Å². The summed E-state index contributed by atoms with van der Waals surface area (Å²) in [7, 11) is 0. The molecule has 1 atom stereocenters. The Morgan fingerprint density at radius 1 is 1.26 bits per heavy atom. The van der Waals surface area contributed by atoms with Crippen LogP contribution in [0.2, 0.25) is 0 Å². The van der Waals surface area contributed by atoms with Crippen LogP contribution in [0.5, 0.6) is 0 Å². The van der Waals surface area contributed by atoms with Crippen molar-refractivity contribution in [2.24, 2.45) is 5.92 Å². The minimum absolute atomic E-state index is 0.345. The monoisotopic (exact) mass is 272 g/mol. The number of carbonyl (C=O) groups excluding carboxylic acids is 1. The SMILES string of the molecule is CC1CCCN(C(=O)Nc2cc(F)c(F)cc2F)C1. The Hall–Kier alpha value is -1.72. The highest BCUT2D eigenvalue weighted by Gasteiger charge is 2.22. The lowest BCUT2D eigenvalue weighted by atomic mass is 10.0. The number of amides is 2. The molecule has 0 aromatic heterocycles. The molecular formula is C13H15F3N2O. The van der Waals surface area contributed by atoms with Gasteiger partial charge in [0, 0.05) is 25.2 Å². The lowest BCUT2D eigenvalue weighted by Gasteiger charge is -2.30. The third-order valence-corrected chi connectivity index (χ3v) is 3.20. The van der Waals surface area contributed by atoms with Crippen LogP contribution in [0.1, 0.15) is 19.8 Å². The van der Waals surface area contributed by atoms with E-state index >= 15 is 0 Å². The summed E-state index contributed by atoms with van der Waals surface area (Å²) in [5, 5.41) is 2.27. The number of hydrogen-bond acceptors (Lipinski definition) is 1. The number of hydrogen-bond donors (Lipinski definition) is 1. The molecule has 0 radical (unpaired) electrons. The van der Waals surface area contributed by atoms with E-state index in [9.17, 15) is 18.0 Å². The number of carbonyl (C=O) groups is 1. The minimum atomic E-state index is -1.28. The Bertz CT molecular complexity index is 493. The van der Waals surface area contributed by atoms with Crippen LogP contribution in [-0.4, -0.2) is 24.0 Å². The van der Waals surface area contributed by atoms with E-state index in [4.69, 9.17) is 0 Å². The first-order chi connectivity index (χ1) is 8.97. The average Bonchev–Trinajstić information content (AvgIpc) is 2.36. The number of piperidine rings is 1. The molecule has 6 heteroatoms. The molecule has 3 nitrogen and oxygen atoms in total. The molecule has 0 bridgehead atoms. The van der Waals surface area contributed by atoms with Crippen molar-refractivity contribution in [2.75, 3.05) is 18.4 Å². The minimum Gasteiger partial charge on any atom is -0.324 e. The molecule has 1 aliphatic heterocycles. The second-order valence-electron chi connectivity index (χ2n) is 4.87. The Labute approximate surface area is 109 Å². The molecule has 1 aromatic carbocycles. The molecule has 0 aliphatic carbocycles. The van der Waals surface area contributed by atoms with E-state index in [0.29, 0.717) is 31.1 Å². The molecule has 1 aromatic rings. The van der Waals surface area contributed by atoms with Crippen LogP contribution in [-0.2, 0) is 0 Å². The molecule has 1 aliphatic rings. The molecule has 19 heavy (non-hydrogen) atoms. The second kappa shape index (κ2) is 5.50. The lowest BCUT2D eigenvalue weighted by molar-refractivity contribution is 0.182. The van der Waals surface area contributed by atoms with Crippen LogP contribution in [0.3, 0.4) is 0 Å². The van der Waals surface area contributed by atoms with Gasteiger partial charge in [-0.1, -0.05) is 6.92 Å². The van der Waals surface area contributed by atoms with Crippen LogP contribution in [0.15, 0.2) is 12.1 Å². The molecule has 1 fully saturated rings. The maximum absolute atomic E-state index is 13.4. The number of halogens is 3. The molecule has 0 spiro atoms. The van der Waals surface area contributed by atoms with Gasteiger partial charge in [-0.3, -0.25) is 0 Å². The Morgan fingerprint density at radius 3 is 2.63 bits per heavy atom. The fourth-order valence-electron chi connectivity index (χ4n) is 2.19. The molecule has 1 saturated heterocycles. The van der Waals surface area contributed by atoms with E-state index in [2.05, 4.69) is 5.32 Å². The van der Waals surface area contributed by atoms with E-state index in [1.807, 2.05) is 6.92 Å². The predicted molar refractivity (Wildman–Crippen MR) is 65.3 cm³/mol. The number of urea groups is 1. The van der Waals surface area contributed by atoms with Crippen LogP contribution >= 0.6 is 0 Å². The van der Waals surface area contributed by atoms with Crippen LogP contribution < -0.4 is 5.32 Å². The summed E-state index contributed by atoms with van der Waals surface area (Å²) in [5.74, 6) is -3.07. The molecule has 2 amide bonds. The van der Waals surface area contributed by atoms with Gasteiger partial charge >= 0.3 is 6.03 Å². The average molecular weight is 272 g/mol. The Balaban J connectivity index is 2.08. The second-order valence-corrected chi connectivity index (χ2v) is 4.87. The summed E-state index contributed by atoms with van der Waals surface area (Å²) in [6, 6.07) is 0.580. The van der Waals surface area contributed by atoms with Crippen molar-refractivity contribution in [3.8, 4) is 0 Å². The first kappa shape index (κ1) is 13.7. The summed E-state index contributed by atoms with van der Waals surface area (Å²) in [4.78, 5) is 13.4. The van der Waals surface area contributed by atoms with Crippen molar-refractivity contribution in [1.29, 1.82) is 0 Å². The molecule has 104 valence electrons. The molecule has 2 rings (SSSR count). The first-order valence-electron chi connectivity index (χ1n) is 6.18. The van der Waals surface area contributed by atoms with E-state index in [0.717, 1.165) is 12.8 Å². The number of nitrogens with zero attached hydrogens (tertiary/aromatic N) is 1. The fourth-order valence-corrected chi connectivity index (χ4v) is 2.19. The zero-order chi connectivity index (χ0) is 14.0. The van der Waals surface area contributed by atoms with Gasteiger partial charge in [-0.25, -0.2) is 18.0 Å². The van der Waals surface area contributed by atoms with Gasteiger partial charge < -0.3 is 10.2 Å². The van der Waals surface area contributed by atoms with Crippen molar-refractivity contribution in [3.63, 3.8) is 0 Å². The van der Waals surface area contributed by atoms with Crippen LogP contribution in [0.25, 0.3) is 0 Å². The summed E-state index contributed by atoms with van der Waals surface area (Å²) in [6.45, 7) is 3.19. The summed E-state index contributed by atoms with van der Waals surface area (Å²) in [6.07, 6.45) is 1.93. The lowest BCUT2D eigenvalue weighted by Crippen LogP contribution is -2.41. The quantitative estimate of drug-likeness (QED) is 0.781. The summed E-state index contributed by atoms with van der Waals surface area (Å²) < 4.78 is 39.2. The smallest absolute Gasteiger partial charge is 0.321 e. The number of benzene rings is 1. The molecule has 0 saturated carbocycles. The van der Waals surface area contributed by atoms with Gasteiger partial charge in [0.1, 0.15) is 5.82 Å². The highest BCUT2D eigenvalue weighted by Crippen LogP contribution is 2.20. The summed E-state index contributed by atoms with van der Waals surface area (Å²) >= 11 is 0. The normalized spacial score (nSPS) is 19.4. The van der Waals surface area contributed by atoms with Crippen molar-refractivity contribution >= 4 is 11.7 Å². The predicted octanol–water partition coefficient (Wildman–Crippen LogP) is 3.37. The number of anilines is 1. The topological polar surface area (TPSA) is 32.3 Å². The maximum atomic E-state index is 13.4. The van der Waals surface area contributed by atoms with E-state index in [1.54, 1.807) is 4.90 Å². The van der Waals surface area contributed by atoms with E-state index in [-0.39, 0.29) is 5.69 Å². The van der Waals surface area contributed by atoms with Crippen molar-refractivity contribution in [1.82, 2.24) is 4.90 Å². The standard InChI is InChI=1S/C13H15F3N2O/c1-8-3-2-4-18(7-8)13(19)17-12-6-10(15)9(14)5-11(12)16/h5-6,8H,2-4,7H2,1H3,(H,17,19). The Morgan fingerprint density at radius 2 is 1.95 bits per heavy atom. The Kier molecular flexibility index (Phi) is 3.97. The van der Waals surface area contributed by atoms with Gasteiger partial charge in [-0.2, -0.15) is 0 Å². The van der Waals surface area contributed by atoms with Crippen molar-refractivity contribution < 1.29 is 18.0 Å². The number of nitrogens with one attached hydrogen (secondary N) is 1. The van der Waals surface area contributed by atoms with Gasteiger partial charge in [0.05, 0.1) is 5.69 Å². The zero-order valence-corrected chi connectivity index (χ0v) is 10.5. The largest absolute Gasteiger partial charge is 0.324 e. The maximum Gasteiger partial charge on any atom is 0.321 e. The first-order valence-corrected chi connectivity index (χ1v) is 6.18. The third-order valence-electron chi connectivity index (χ3n) is 3.20. The fraction of sp³-hybridized carbons (Fsp3) is 0.462. The molecular weight excluding hydrogens is 257 g/mol. The molecule has 1 heterocycles. The van der Waals surface area contributed by atoms with Gasteiger partial charge in [0.15, 0.2) is 11.6 Å². The highest BCUT2D eigenvalue weighted by atomic mass is 19.2. The molecule has 1 unspecified atom stereocenters. The highest BCUT2D eigenvalue weighted by molar-refractivity contribution is 5.89. The zero-order valence-electron chi connectivity index (χ0n) is 10.5. The van der Waals surface area contributed by atoms with Gasteiger partial charge in [0.25, 0.3) is 0 Å². The number of likely N-dealkylation sites (tertiary alicyclic amines) is 1. The molecule has 1 N–H and O–H groups in total. The van der Waals surface area contributed by atoms with E-state index in [1.165, 1.54) is 0 Å². The van der Waals surface area contributed by atoms with E-state index < -0.39 is 23.5 Å². The van der Waals surface area contributed by atoms with Crippen LogP contribution in [0.4, 0.5) is 23.7 Å². The summed E-state index contributed by atoms with van der Waals surface area (Å²) in [5.41, 5.74) is -0.345. The van der Waals surface area contributed by atoms with Gasteiger partial charge in [-0.15, -0.1) is 0 Å².